The summed E-state index contributed by atoms with van der Waals surface area (Å²) in [5, 5.41) is 0. The van der Waals surface area contributed by atoms with Gasteiger partial charge in [-0.15, -0.1) is 11.3 Å². The fourth-order valence-electron chi connectivity index (χ4n) is 1.50. The zero-order valence-electron chi connectivity index (χ0n) is 8.57. The maximum absolute atomic E-state index is 10.7. The first-order valence-corrected chi connectivity index (χ1v) is 5.97. The second kappa shape index (κ2) is 5.49. The molecule has 4 N–H and O–H groups in total. The van der Waals surface area contributed by atoms with E-state index in [9.17, 15) is 4.79 Å². The smallest absolute Gasteiger partial charge is 0.217 e. The highest BCUT2D eigenvalue weighted by Gasteiger charge is 2.14. The predicted molar refractivity (Wildman–Crippen MR) is 63.8 cm³/mol. The van der Waals surface area contributed by atoms with Crippen LogP contribution in [-0.4, -0.2) is 5.91 Å². The van der Waals surface area contributed by atoms with E-state index in [-0.39, 0.29) is 17.9 Å². The lowest BCUT2D eigenvalue weighted by Gasteiger charge is -2.14. The van der Waals surface area contributed by atoms with Crippen LogP contribution in [0.3, 0.4) is 0 Å². The maximum Gasteiger partial charge on any atom is 0.217 e. The molecule has 0 aliphatic heterocycles. The van der Waals surface area contributed by atoms with E-state index >= 15 is 0 Å². The number of carbonyl (C=O) groups is 1. The Morgan fingerprint density at radius 1 is 1.60 bits per heavy atom. The summed E-state index contributed by atoms with van der Waals surface area (Å²) in [6.07, 6.45) is 1.13. The number of hydrogen-bond donors (Lipinski definition) is 2. The number of nitrogens with two attached hydrogens (primary N) is 2. The Balaban J connectivity index is 2.48. The molecule has 2 unspecified atom stereocenters. The van der Waals surface area contributed by atoms with Crippen LogP contribution in [0.25, 0.3) is 0 Å². The van der Waals surface area contributed by atoms with E-state index in [0.717, 1.165) is 15.6 Å². The fraction of sp³-hybridized carbons (Fsp3) is 0.500. The number of carbonyl (C=O) groups excluding carboxylic acids is 1. The van der Waals surface area contributed by atoms with E-state index in [4.69, 9.17) is 23.1 Å². The Morgan fingerprint density at radius 2 is 2.27 bits per heavy atom. The lowest BCUT2D eigenvalue weighted by atomic mass is 9.98. The number of primary amides is 1. The average molecular weight is 247 g/mol. The normalized spacial score (nSPS) is 14.9. The first-order chi connectivity index (χ1) is 6.99. The van der Waals surface area contributed by atoms with Crippen molar-refractivity contribution in [1.29, 1.82) is 0 Å². The summed E-state index contributed by atoms with van der Waals surface area (Å²) in [5.74, 6) is -0.0720. The summed E-state index contributed by atoms with van der Waals surface area (Å²) in [4.78, 5) is 11.7. The second-order valence-corrected chi connectivity index (χ2v) is 5.51. The van der Waals surface area contributed by atoms with Crippen LogP contribution in [0.2, 0.25) is 4.34 Å². The molecule has 0 spiro atoms. The molecule has 0 aliphatic carbocycles. The van der Waals surface area contributed by atoms with Gasteiger partial charge in [0.15, 0.2) is 0 Å². The van der Waals surface area contributed by atoms with Crippen LogP contribution in [0.4, 0.5) is 0 Å². The van der Waals surface area contributed by atoms with Crippen LogP contribution in [0, 0.1) is 5.92 Å². The summed E-state index contributed by atoms with van der Waals surface area (Å²) in [5.41, 5.74) is 11.1. The van der Waals surface area contributed by atoms with Crippen molar-refractivity contribution >= 4 is 28.8 Å². The zero-order chi connectivity index (χ0) is 11.4. The monoisotopic (exact) mass is 246 g/mol. The van der Waals surface area contributed by atoms with Crippen molar-refractivity contribution in [2.45, 2.75) is 25.8 Å². The van der Waals surface area contributed by atoms with E-state index in [2.05, 4.69) is 0 Å². The Morgan fingerprint density at radius 3 is 2.73 bits per heavy atom. The SMILES string of the molecule is CC(CC(N)=O)CC(N)c1ccc(Cl)s1. The van der Waals surface area contributed by atoms with Crippen LogP contribution in [0.15, 0.2) is 12.1 Å². The quantitative estimate of drug-likeness (QED) is 0.837. The highest BCUT2D eigenvalue weighted by atomic mass is 35.5. The van der Waals surface area contributed by atoms with Crippen LogP contribution in [0.1, 0.15) is 30.7 Å². The Bertz CT molecular complexity index is 340. The van der Waals surface area contributed by atoms with E-state index < -0.39 is 0 Å². The molecule has 0 fully saturated rings. The van der Waals surface area contributed by atoms with Gasteiger partial charge in [-0.25, -0.2) is 0 Å². The number of rotatable bonds is 5. The predicted octanol–water partition coefficient (Wildman–Crippen LogP) is 2.30. The highest BCUT2D eigenvalue weighted by molar-refractivity contribution is 7.16. The van der Waals surface area contributed by atoms with E-state index in [0.29, 0.717) is 6.42 Å². The molecule has 1 aromatic rings. The second-order valence-electron chi connectivity index (χ2n) is 3.76. The van der Waals surface area contributed by atoms with Gasteiger partial charge in [0.25, 0.3) is 0 Å². The Hall–Kier alpha value is -0.580. The fourth-order valence-corrected chi connectivity index (χ4v) is 2.58. The number of hydrogen-bond acceptors (Lipinski definition) is 3. The van der Waals surface area contributed by atoms with Gasteiger partial charge in [-0.2, -0.15) is 0 Å². The third-order valence-corrected chi connectivity index (χ3v) is 3.53. The minimum atomic E-state index is -0.279. The highest BCUT2D eigenvalue weighted by Crippen LogP contribution is 2.29. The molecular formula is C10H15ClN2OS. The van der Waals surface area contributed by atoms with Crippen LogP contribution in [0.5, 0.6) is 0 Å². The van der Waals surface area contributed by atoms with Gasteiger partial charge in [0.1, 0.15) is 0 Å². The van der Waals surface area contributed by atoms with Crippen molar-refractivity contribution in [2.24, 2.45) is 17.4 Å². The molecule has 84 valence electrons. The lowest BCUT2D eigenvalue weighted by Crippen LogP contribution is -2.19. The van der Waals surface area contributed by atoms with Crippen molar-refractivity contribution in [1.82, 2.24) is 0 Å². The van der Waals surface area contributed by atoms with Gasteiger partial charge in [0.05, 0.1) is 4.34 Å². The van der Waals surface area contributed by atoms with Crippen LogP contribution in [-0.2, 0) is 4.79 Å². The van der Waals surface area contributed by atoms with Crippen molar-refractivity contribution < 1.29 is 4.79 Å². The topological polar surface area (TPSA) is 69.1 Å². The average Bonchev–Trinajstić information content (AvgIpc) is 2.49. The molecule has 1 aromatic heterocycles. The number of halogens is 1. The Kier molecular flexibility index (Phi) is 4.57. The third kappa shape index (κ3) is 4.20. The standard InChI is InChI=1S/C10H15ClN2OS/c1-6(5-10(13)14)4-7(12)8-2-3-9(11)15-8/h2-3,6-7H,4-5,12H2,1H3,(H2,13,14). The van der Waals surface area contributed by atoms with E-state index in [1.54, 1.807) is 0 Å². The molecule has 1 rings (SSSR count). The lowest BCUT2D eigenvalue weighted by molar-refractivity contribution is -0.118. The number of amides is 1. The third-order valence-electron chi connectivity index (χ3n) is 2.17. The maximum atomic E-state index is 10.7. The van der Waals surface area contributed by atoms with Gasteiger partial charge in [-0.1, -0.05) is 18.5 Å². The van der Waals surface area contributed by atoms with Crippen molar-refractivity contribution in [3.8, 4) is 0 Å². The summed E-state index contributed by atoms with van der Waals surface area (Å²) in [6, 6.07) is 3.70. The molecule has 0 aromatic carbocycles. The first-order valence-electron chi connectivity index (χ1n) is 4.78. The summed E-state index contributed by atoms with van der Waals surface area (Å²) in [6.45, 7) is 1.97. The molecular weight excluding hydrogens is 232 g/mol. The molecule has 0 bridgehead atoms. The van der Waals surface area contributed by atoms with Gasteiger partial charge in [-0.3, -0.25) is 4.79 Å². The minimum Gasteiger partial charge on any atom is -0.370 e. The molecule has 0 radical (unpaired) electrons. The van der Waals surface area contributed by atoms with Crippen LogP contribution >= 0.6 is 22.9 Å². The van der Waals surface area contributed by atoms with Gasteiger partial charge in [0, 0.05) is 17.3 Å². The first kappa shape index (κ1) is 12.5. The molecule has 1 amide bonds. The molecule has 2 atom stereocenters. The Labute approximate surface area is 98.4 Å². The zero-order valence-corrected chi connectivity index (χ0v) is 10.1. The largest absolute Gasteiger partial charge is 0.370 e. The molecule has 5 heteroatoms. The summed E-state index contributed by atoms with van der Waals surface area (Å²) >= 11 is 7.30. The molecule has 1 heterocycles. The van der Waals surface area contributed by atoms with Crippen molar-refractivity contribution in [2.75, 3.05) is 0 Å². The molecule has 0 saturated heterocycles. The molecule has 0 aliphatic rings. The molecule has 15 heavy (non-hydrogen) atoms. The van der Waals surface area contributed by atoms with Crippen molar-refractivity contribution in [3.63, 3.8) is 0 Å². The molecule has 0 saturated carbocycles. The number of thiophene rings is 1. The van der Waals surface area contributed by atoms with Gasteiger partial charge < -0.3 is 11.5 Å². The summed E-state index contributed by atoms with van der Waals surface area (Å²) in [7, 11) is 0. The van der Waals surface area contributed by atoms with Crippen LogP contribution < -0.4 is 11.5 Å². The minimum absolute atomic E-state index is 0.0585. The van der Waals surface area contributed by atoms with E-state index in [1.165, 1.54) is 11.3 Å². The van der Waals surface area contributed by atoms with Crippen molar-refractivity contribution in [3.05, 3.63) is 21.3 Å². The molecule has 3 nitrogen and oxygen atoms in total. The van der Waals surface area contributed by atoms with Gasteiger partial charge in [0.2, 0.25) is 5.91 Å². The van der Waals surface area contributed by atoms with E-state index in [1.807, 2.05) is 19.1 Å². The van der Waals surface area contributed by atoms with Gasteiger partial charge >= 0.3 is 0 Å². The van der Waals surface area contributed by atoms with Gasteiger partial charge in [-0.05, 0) is 24.5 Å². The summed E-state index contributed by atoms with van der Waals surface area (Å²) < 4.78 is 0.739.